The van der Waals surface area contributed by atoms with Crippen molar-refractivity contribution in [1.29, 1.82) is 0 Å². The Morgan fingerprint density at radius 2 is 1.37 bits per heavy atom. The molecular formula is C39H45N7O10S. The number of fused-ring (bicyclic) bond motifs is 2. The zero-order chi connectivity index (χ0) is 40.1. The lowest BCUT2D eigenvalue weighted by Gasteiger charge is -2.29. The molecule has 0 unspecified atom stereocenters. The standard InChI is InChI=1S/C21H28N4O6S.C18H17N3O4/c1-2-15-12-17(26)30-20-18(15)19(27)22-21(23-20)31-24-16-8-10-25(11-9-16)32(28,29)13-14-6-4-3-5-7-14;1-2-10-9-14(22)24-17-15(10)16(23)19-18(20-17)25-21-13-8-4-6-11-5-3-7-12(11)13/h12,14H,2-11,13H2,1H3,(H,22,23,27);3,7,9H,2,4-6,8H2,1H3,(H,19,20,23). The van der Waals surface area contributed by atoms with E-state index in [2.05, 4.69) is 42.4 Å². The van der Waals surface area contributed by atoms with E-state index in [-0.39, 0.29) is 45.9 Å². The molecule has 0 atom stereocenters. The maximum atomic E-state index is 12.8. The first-order valence-corrected chi connectivity index (χ1v) is 21.1. The van der Waals surface area contributed by atoms with Crippen molar-refractivity contribution in [3.8, 4) is 12.0 Å². The van der Waals surface area contributed by atoms with Gasteiger partial charge >= 0.3 is 23.3 Å². The summed E-state index contributed by atoms with van der Waals surface area (Å²) in [4.78, 5) is 71.8. The van der Waals surface area contributed by atoms with Crippen molar-refractivity contribution >= 4 is 43.6 Å². The number of oxime groups is 2. The number of nitrogens with zero attached hydrogens (tertiary/aromatic N) is 5. The van der Waals surface area contributed by atoms with Crippen LogP contribution in [0.25, 0.3) is 22.2 Å². The SMILES string of the molecule is CCc1cc(=O)oc2nc(ON=C3CCCC4=C3C=CC4)[nH]c(=O)c12.CCc1cc(=O)oc2nc(ON=C3CCN(S(=O)(=O)CC4CCCCC4)CC3)[nH]c(=O)c12. The fourth-order valence-corrected chi connectivity index (χ4v) is 9.64. The Morgan fingerprint density at radius 3 is 1.95 bits per heavy atom. The third kappa shape index (κ3) is 9.23. The van der Waals surface area contributed by atoms with Crippen LogP contribution in [0, 0.1) is 5.92 Å². The van der Waals surface area contributed by atoms with Gasteiger partial charge in [-0.05, 0) is 74.0 Å². The smallest absolute Gasteiger partial charge is 0.337 e. The fourth-order valence-electron chi connectivity index (χ4n) is 7.76. The number of aryl methyl sites for hydroxylation is 2. The average Bonchev–Trinajstić information content (AvgIpc) is 3.69. The molecule has 2 N–H and O–H groups in total. The average molecular weight is 804 g/mol. The minimum Gasteiger partial charge on any atom is -0.403 e. The highest BCUT2D eigenvalue weighted by molar-refractivity contribution is 7.89. The Labute approximate surface area is 326 Å². The summed E-state index contributed by atoms with van der Waals surface area (Å²) in [6.45, 7) is 4.39. The molecule has 0 amide bonds. The maximum absolute atomic E-state index is 12.8. The number of allylic oxidation sites excluding steroid dienone is 4. The van der Waals surface area contributed by atoms with E-state index in [0.29, 0.717) is 55.6 Å². The first-order valence-electron chi connectivity index (χ1n) is 19.5. The highest BCUT2D eigenvalue weighted by Gasteiger charge is 2.30. The van der Waals surface area contributed by atoms with E-state index in [9.17, 15) is 27.6 Å². The third-order valence-electron chi connectivity index (χ3n) is 10.7. The molecule has 4 aliphatic rings. The molecule has 0 spiro atoms. The monoisotopic (exact) mass is 803 g/mol. The number of hydrogen-bond donors (Lipinski definition) is 2. The van der Waals surface area contributed by atoms with Gasteiger partial charge in [0.2, 0.25) is 21.5 Å². The number of hydrogen-bond acceptors (Lipinski definition) is 14. The van der Waals surface area contributed by atoms with Crippen LogP contribution in [0.3, 0.4) is 0 Å². The van der Waals surface area contributed by atoms with Gasteiger partial charge < -0.3 is 18.5 Å². The fraction of sp³-hybridized carbons (Fsp3) is 0.487. The molecule has 3 aliphatic carbocycles. The molecule has 0 aromatic carbocycles. The van der Waals surface area contributed by atoms with Crippen molar-refractivity contribution in [1.82, 2.24) is 24.2 Å². The quantitative estimate of drug-likeness (QED) is 0.218. The number of nitrogens with one attached hydrogen (secondary N) is 2. The van der Waals surface area contributed by atoms with Crippen LogP contribution in [-0.4, -0.2) is 62.9 Å². The molecule has 2 fully saturated rings. The van der Waals surface area contributed by atoms with E-state index < -0.39 is 32.4 Å². The molecular weight excluding hydrogens is 759 g/mol. The molecule has 302 valence electrons. The Balaban J connectivity index is 0.000000179. The molecule has 57 heavy (non-hydrogen) atoms. The normalized spacial score (nSPS) is 18.5. The van der Waals surface area contributed by atoms with Gasteiger partial charge in [0, 0.05) is 38.1 Å². The van der Waals surface area contributed by atoms with Gasteiger partial charge in [0.1, 0.15) is 10.8 Å². The molecule has 8 rings (SSSR count). The number of rotatable bonds is 9. The van der Waals surface area contributed by atoms with Crippen LogP contribution >= 0.6 is 0 Å². The number of sulfonamides is 1. The van der Waals surface area contributed by atoms with Crippen molar-refractivity contribution in [2.75, 3.05) is 18.8 Å². The molecule has 18 heteroatoms. The van der Waals surface area contributed by atoms with E-state index in [1.165, 1.54) is 28.4 Å². The zero-order valence-electron chi connectivity index (χ0n) is 31.9. The van der Waals surface area contributed by atoms with E-state index in [1.807, 2.05) is 13.8 Å². The number of aromatic nitrogens is 4. The van der Waals surface area contributed by atoms with Gasteiger partial charge in [0.05, 0.1) is 17.2 Å². The van der Waals surface area contributed by atoms with E-state index >= 15 is 0 Å². The minimum atomic E-state index is -3.28. The lowest BCUT2D eigenvalue weighted by Crippen LogP contribution is -2.41. The third-order valence-corrected chi connectivity index (χ3v) is 12.8. The van der Waals surface area contributed by atoms with Crippen LogP contribution in [0.1, 0.15) is 95.6 Å². The molecule has 4 aromatic rings. The lowest BCUT2D eigenvalue weighted by atomic mass is 9.91. The summed E-state index contributed by atoms with van der Waals surface area (Å²) in [5, 5.41) is 8.68. The first-order chi connectivity index (χ1) is 27.5. The van der Waals surface area contributed by atoms with Crippen LogP contribution in [0.4, 0.5) is 0 Å². The molecule has 17 nitrogen and oxygen atoms in total. The van der Waals surface area contributed by atoms with Crippen molar-refractivity contribution in [2.24, 2.45) is 16.2 Å². The second kappa shape index (κ2) is 17.3. The summed E-state index contributed by atoms with van der Waals surface area (Å²) in [5.41, 5.74) is 3.00. The van der Waals surface area contributed by atoms with Gasteiger partial charge in [0.25, 0.3) is 11.1 Å². The van der Waals surface area contributed by atoms with Crippen LogP contribution in [0.5, 0.6) is 12.0 Å². The van der Waals surface area contributed by atoms with Crippen molar-refractivity contribution in [3.63, 3.8) is 0 Å². The van der Waals surface area contributed by atoms with Gasteiger partial charge in [-0.1, -0.05) is 61.1 Å². The van der Waals surface area contributed by atoms with Gasteiger partial charge in [0.15, 0.2) is 0 Å². The Morgan fingerprint density at radius 1 is 0.789 bits per heavy atom. The number of piperidine rings is 1. The maximum Gasteiger partial charge on any atom is 0.337 e. The van der Waals surface area contributed by atoms with Crippen LogP contribution in [0.15, 0.2) is 73.8 Å². The van der Waals surface area contributed by atoms with E-state index in [4.69, 9.17) is 18.5 Å². The summed E-state index contributed by atoms with van der Waals surface area (Å²) < 4.78 is 37.1. The summed E-state index contributed by atoms with van der Waals surface area (Å²) in [6, 6.07) is 2.31. The molecule has 1 saturated heterocycles. The number of H-pyrrole nitrogens is 2. The summed E-state index contributed by atoms with van der Waals surface area (Å²) in [6.07, 6.45) is 15.4. The summed E-state index contributed by atoms with van der Waals surface area (Å²) in [5.74, 6) is 0.486. The lowest BCUT2D eigenvalue weighted by molar-refractivity contribution is 0.303. The Bertz CT molecular complexity index is 2640. The van der Waals surface area contributed by atoms with E-state index in [0.717, 1.165) is 62.7 Å². The van der Waals surface area contributed by atoms with Gasteiger partial charge in [-0.3, -0.25) is 19.6 Å². The largest absolute Gasteiger partial charge is 0.403 e. The Kier molecular flexibility index (Phi) is 12.1. The van der Waals surface area contributed by atoms with Crippen LogP contribution < -0.4 is 32.0 Å². The molecule has 4 aromatic heterocycles. The molecule has 1 aliphatic heterocycles. The predicted molar refractivity (Wildman–Crippen MR) is 212 cm³/mol. The number of aromatic amines is 2. The van der Waals surface area contributed by atoms with E-state index in [1.54, 1.807) is 0 Å². The summed E-state index contributed by atoms with van der Waals surface area (Å²) in [7, 11) is -3.28. The van der Waals surface area contributed by atoms with Crippen LogP contribution in [0.2, 0.25) is 0 Å². The molecule has 0 radical (unpaired) electrons. The highest BCUT2D eigenvalue weighted by atomic mass is 32.2. The van der Waals surface area contributed by atoms with Crippen LogP contribution in [-0.2, 0) is 22.9 Å². The van der Waals surface area contributed by atoms with Crippen molar-refractivity contribution < 1.29 is 26.9 Å². The molecule has 5 heterocycles. The summed E-state index contributed by atoms with van der Waals surface area (Å²) >= 11 is 0. The topological polar surface area (TPSA) is 232 Å². The molecule has 1 saturated carbocycles. The van der Waals surface area contributed by atoms with Crippen molar-refractivity contribution in [2.45, 2.75) is 97.3 Å². The second-order valence-corrected chi connectivity index (χ2v) is 16.5. The molecule has 0 bridgehead atoms. The predicted octanol–water partition coefficient (Wildman–Crippen LogP) is 4.79. The van der Waals surface area contributed by atoms with Gasteiger partial charge in [-0.15, -0.1) is 0 Å². The Hall–Kier alpha value is -5.49. The zero-order valence-corrected chi connectivity index (χ0v) is 32.7. The second-order valence-electron chi connectivity index (χ2n) is 14.5. The van der Waals surface area contributed by atoms with Gasteiger partial charge in [-0.2, -0.15) is 9.97 Å². The first kappa shape index (κ1) is 39.7. The minimum absolute atomic E-state index is 0.0346. The van der Waals surface area contributed by atoms with Crippen molar-refractivity contribution in [3.05, 3.63) is 88.1 Å². The van der Waals surface area contributed by atoms with Gasteiger partial charge in [-0.25, -0.2) is 22.3 Å². The highest BCUT2D eigenvalue weighted by Crippen LogP contribution is 2.31.